The van der Waals surface area contributed by atoms with Gasteiger partial charge >= 0.3 is 17.5 Å². The van der Waals surface area contributed by atoms with Gasteiger partial charge in [-0.2, -0.15) is 4.79 Å². The number of carbonyl (C=O) groups excluding carboxylic acids is 1. The van der Waals surface area contributed by atoms with Gasteiger partial charge in [0, 0.05) is 0 Å². The number of hydrogen-bond acceptors (Lipinski definition) is 3. The van der Waals surface area contributed by atoms with Crippen molar-refractivity contribution in [2.75, 3.05) is 7.11 Å². The van der Waals surface area contributed by atoms with Crippen molar-refractivity contribution in [2.24, 2.45) is 0 Å². The highest BCUT2D eigenvalue weighted by Crippen LogP contribution is 2.55. The minimum atomic E-state index is -2.72. The topological polar surface area (TPSA) is 38.5 Å². The van der Waals surface area contributed by atoms with E-state index in [0.29, 0.717) is 0 Å². The highest BCUT2D eigenvalue weighted by molar-refractivity contribution is 5.96. The molecule has 1 saturated carbocycles. The molecule has 1 amide bonds. The second kappa shape index (κ2) is 4.26. The van der Waals surface area contributed by atoms with Crippen LogP contribution in [0.25, 0.3) is 0 Å². The van der Waals surface area contributed by atoms with Crippen LogP contribution in [0.3, 0.4) is 0 Å². The van der Waals surface area contributed by atoms with E-state index < -0.39 is 17.6 Å². The lowest BCUT2D eigenvalue weighted by atomic mass is 9.78. The first-order valence-corrected chi connectivity index (χ1v) is 6.29. The normalized spacial score (nSPS) is 21.4. The molecule has 1 aliphatic carbocycles. The average Bonchev–Trinajstić information content (AvgIpc) is 3.03. The van der Waals surface area contributed by atoms with Crippen LogP contribution >= 0.6 is 0 Å². The van der Waals surface area contributed by atoms with Crippen LogP contribution in [0.2, 0.25) is 0 Å². The molecule has 1 fully saturated rings. The quantitative estimate of drug-likeness (QED) is 0.782. The van der Waals surface area contributed by atoms with Gasteiger partial charge < -0.3 is 9.47 Å². The zero-order valence-electron chi connectivity index (χ0n) is 10.9. The van der Waals surface area contributed by atoms with E-state index in [-0.39, 0.29) is 25.3 Å². The molecule has 1 aromatic rings. The Balaban J connectivity index is 1.62. The van der Waals surface area contributed by atoms with Crippen molar-refractivity contribution in [3.05, 3.63) is 35.9 Å². The molecule has 0 unspecified atom stereocenters. The molecule has 1 heterocycles. The Kier molecular flexibility index (Phi) is 2.77. The zero-order valence-corrected chi connectivity index (χ0v) is 10.9. The first-order chi connectivity index (χ1) is 9.48. The maximum atomic E-state index is 13.0. The van der Waals surface area contributed by atoms with Crippen molar-refractivity contribution >= 4 is 12.0 Å². The Morgan fingerprint density at radius 2 is 1.95 bits per heavy atom. The van der Waals surface area contributed by atoms with E-state index >= 15 is 0 Å². The molecule has 6 heteroatoms. The molecule has 20 heavy (non-hydrogen) atoms. The molecular weight excluding hydrogens is 268 g/mol. The van der Waals surface area contributed by atoms with E-state index in [1.807, 2.05) is 30.3 Å². The van der Waals surface area contributed by atoms with Crippen LogP contribution in [0, 0.1) is 0 Å². The number of ether oxygens (including phenoxy) is 2. The molecule has 0 N–H and O–H groups in total. The standard InChI is InChI=1S/C14H14F2NO3/c1-19-11-13(8-14(15,16)9-13)17(11)12(18)20-7-10-5-3-2-4-6-10/h2-6H,7-9H2,1H3/q+1. The molecule has 1 aromatic carbocycles. The van der Waals surface area contributed by atoms with Gasteiger partial charge in [0.15, 0.2) is 0 Å². The van der Waals surface area contributed by atoms with Crippen molar-refractivity contribution in [3.63, 3.8) is 0 Å². The van der Waals surface area contributed by atoms with Crippen LogP contribution in [-0.4, -0.2) is 35.1 Å². The first kappa shape index (κ1) is 13.0. The maximum absolute atomic E-state index is 13.0. The van der Waals surface area contributed by atoms with Crippen molar-refractivity contribution in [1.29, 1.82) is 0 Å². The van der Waals surface area contributed by atoms with Gasteiger partial charge in [0.25, 0.3) is 5.92 Å². The molecule has 3 rings (SSSR count). The molecule has 106 valence electrons. The number of hydrogen-bond donors (Lipinski definition) is 0. The summed E-state index contributed by atoms with van der Waals surface area (Å²) < 4.78 is 37.4. The highest BCUT2D eigenvalue weighted by Gasteiger charge is 2.84. The predicted octanol–water partition coefficient (Wildman–Crippen LogP) is 2.56. The zero-order chi connectivity index (χ0) is 14.4. The minimum Gasteiger partial charge on any atom is -0.446 e. The summed E-state index contributed by atoms with van der Waals surface area (Å²) in [6.45, 7) is 0.111. The van der Waals surface area contributed by atoms with E-state index in [1.165, 1.54) is 11.7 Å². The SMILES string of the molecule is COC1=[N+](C(=O)OCc2ccccc2)C12CC(F)(F)C2. The molecule has 2 aliphatic rings. The Morgan fingerprint density at radius 1 is 1.30 bits per heavy atom. The molecule has 0 bridgehead atoms. The number of carbonyl (C=O) groups is 1. The van der Waals surface area contributed by atoms with E-state index in [4.69, 9.17) is 9.47 Å². The van der Waals surface area contributed by atoms with Crippen molar-refractivity contribution < 1.29 is 27.6 Å². The van der Waals surface area contributed by atoms with Crippen LogP contribution in [0.15, 0.2) is 30.3 Å². The second-order valence-corrected chi connectivity index (χ2v) is 5.13. The third-order valence-corrected chi connectivity index (χ3v) is 3.66. The molecule has 0 atom stereocenters. The number of halogens is 2. The maximum Gasteiger partial charge on any atom is 0.601 e. The number of methoxy groups -OCH3 is 1. The molecule has 4 nitrogen and oxygen atoms in total. The third kappa shape index (κ3) is 1.95. The fourth-order valence-electron chi connectivity index (χ4n) is 2.73. The predicted molar refractivity (Wildman–Crippen MR) is 65.8 cm³/mol. The monoisotopic (exact) mass is 282 g/mol. The van der Waals surface area contributed by atoms with Crippen LogP contribution < -0.4 is 0 Å². The lowest BCUT2D eigenvalue weighted by molar-refractivity contribution is -0.463. The smallest absolute Gasteiger partial charge is 0.446 e. The summed E-state index contributed by atoms with van der Waals surface area (Å²) >= 11 is 0. The van der Waals surface area contributed by atoms with Gasteiger partial charge in [0.1, 0.15) is 6.61 Å². The van der Waals surface area contributed by atoms with Gasteiger partial charge in [-0.15, -0.1) is 0 Å². The highest BCUT2D eigenvalue weighted by atomic mass is 19.3. The van der Waals surface area contributed by atoms with Gasteiger partial charge in [-0.3, -0.25) is 0 Å². The van der Waals surface area contributed by atoms with E-state index in [2.05, 4.69) is 0 Å². The second-order valence-electron chi connectivity index (χ2n) is 5.13. The van der Waals surface area contributed by atoms with Crippen molar-refractivity contribution in [2.45, 2.75) is 30.9 Å². The number of amides is 1. The Morgan fingerprint density at radius 3 is 2.50 bits per heavy atom. The Labute approximate surface area is 114 Å². The largest absolute Gasteiger partial charge is 0.601 e. The lowest BCUT2D eigenvalue weighted by Gasteiger charge is -2.28. The van der Waals surface area contributed by atoms with Gasteiger partial charge in [-0.25, -0.2) is 8.78 Å². The van der Waals surface area contributed by atoms with Crippen LogP contribution in [0.5, 0.6) is 0 Å². The minimum absolute atomic E-state index is 0.111. The first-order valence-electron chi connectivity index (χ1n) is 6.29. The van der Waals surface area contributed by atoms with Gasteiger partial charge in [-0.1, -0.05) is 34.9 Å². The Hall–Kier alpha value is -1.98. The van der Waals surface area contributed by atoms with E-state index in [1.54, 1.807) is 0 Å². The van der Waals surface area contributed by atoms with Crippen LogP contribution in [0.4, 0.5) is 13.6 Å². The van der Waals surface area contributed by atoms with Crippen molar-refractivity contribution in [3.8, 4) is 0 Å². The summed E-state index contributed by atoms with van der Waals surface area (Å²) in [6, 6.07) is 9.17. The van der Waals surface area contributed by atoms with Gasteiger partial charge in [0.2, 0.25) is 0 Å². The lowest BCUT2D eigenvalue weighted by Crippen LogP contribution is -2.50. The summed E-state index contributed by atoms with van der Waals surface area (Å²) in [5.74, 6) is -2.44. The molecule has 1 aliphatic heterocycles. The van der Waals surface area contributed by atoms with Crippen LogP contribution in [-0.2, 0) is 16.1 Å². The molecule has 1 spiro atoms. The molecule has 0 radical (unpaired) electrons. The average molecular weight is 282 g/mol. The molecular formula is C14H14F2NO3+. The summed E-state index contributed by atoms with van der Waals surface area (Å²) in [5, 5.41) is 0. The number of rotatable bonds is 2. The summed E-state index contributed by atoms with van der Waals surface area (Å²) in [6.07, 6.45) is -1.41. The van der Waals surface area contributed by atoms with Crippen LogP contribution in [0.1, 0.15) is 18.4 Å². The Bertz CT molecular complexity index is 575. The summed E-state index contributed by atoms with van der Waals surface area (Å²) in [4.78, 5) is 11.9. The summed E-state index contributed by atoms with van der Waals surface area (Å²) in [5.41, 5.74) is -0.0962. The third-order valence-electron chi connectivity index (χ3n) is 3.66. The number of alkyl halides is 2. The van der Waals surface area contributed by atoms with Gasteiger partial charge in [-0.05, 0) is 5.56 Å². The number of benzene rings is 1. The summed E-state index contributed by atoms with van der Waals surface area (Å²) in [7, 11) is 1.37. The fraction of sp³-hybridized carbons (Fsp3) is 0.429. The molecule has 0 saturated heterocycles. The van der Waals surface area contributed by atoms with E-state index in [9.17, 15) is 13.6 Å². The number of nitrogens with zero attached hydrogens (tertiary/aromatic N) is 1. The van der Waals surface area contributed by atoms with Gasteiger partial charge in [0.05, 0.1) is 20.0 Å². The molecule has 0 aromatic heterocycles. The van der Waals surface area contributed by atoms with E-state index in [0.717, 1.165) is 5.56 Å². The van der Waals surface area contributed by atoms with Crippen molar-refractivity contribution in [1.82, 2.24) is 0 Å². The fourth-order valence-corrected chi connectivity index (χ4v) is 2.73.